The molecule has 0 aliphatic heterocycles. The van der Waals surface area contributed by atoms with E-state index in [0.717, 1.165) is 0 Å². The monoisotopic (exact) mass is 512 g/mol. The van der Waals surface area contributed by atoms with Crippen LogP contribution < -0.4 is 0 Å². The van der Waals surface area contributed by atoms with Crippen LogP contribution in [0.4, 0.5) is 0 Å². The maximum absolute atomic E-state index is 11.2. The van der Waals surface area contributed by atoms with Crippen molar-refractivity contribution in [2.24, 2.45) is 0 Å². The molecule has 0 amide bonds. The Morgan fingerprint density at radius 3 is 1.28 bits per heavy atom. The predicted octanol–water partition coefficient (Wildman–Crippen LogP) is 3.55. The first-order valence-corrected chi connectivity index (χ1v) is 8.99. The molecule has 0 saturated heterocycles. The maximum atomic E-state index is 11.2. The minimum Gasteiger partial charge on any atom is -0.478 e. The molecule has 0 radical (unpaired) electrons. The molecule has 0 spiro atoms. The van der Waals surface area contributed by atoms with Crippen LogP contribution in [0.2, 0.25) is 0 Å². The molecule has 4 nitrogen and oxygen atoms in total. The van der Waals surface area contributed by atoms with Crippen molar-refractivity contribution in [3.63, 3.8) is 0 Å². The summed E-state index contributed by atoms with van der Waals surface area (Å²) in [6.07, 6.45) is 0.314. The van der Waals surface area contributed by atoms with E-state index in [4.69, 9.17) is 10.2 Å². The number of carbonyl (C=O) groups is 2. The number of halogens is 4. The van der Waals surface area contributed by atoms with Crippen LogP contribution in [-0.4, -0.2) is 42.5 Å². The number of alkyl halides is 4. The van der Waals surface area contributed by atoms with Gasteiger partial charge in [-0.25, -0.2) is 9.59 Å². The summed E-state index contributed by atoms with van der Waals surface area (Å²) in [5, 5.41) is 19.4. The first-order valence-electron chi connectivity index (χ1n) is 4.92. The van der Waals surface area contributed by atoms with Crippen molar-refractivity contribution < 1.29 is 19.8 Å². The molecule has 0 fully saturated rings. The summed E-state index contributed by atoms with van der Waals surface area (Å²) < 4.78 is 0. The third-order valence-electron chi connectivity index (χ3n) is 2.07. The van der Waals surface area contributed by atoms with Crippen molar-refractivity contribution in [2.75, 3.05) is 10.7 Å². The van der Waals surface area contributed by atoms with Gasteiger partial charge < -0.3 is 10.2 Å². The van der Waals surface area contributed by atoms with Gasteiger partial charge in [-0.1, -0.05) is 63.7 Å². The van der Waals surface area contributed by atoms with Gasteiger partial charge in [0.15, 0.2) is 0 Å². The van der Waals surface area contributed by atoms with Crippen LogP contribution in [0, 0.1) is 0 Å². The van der Waals surface area contributed by atoms with Crippen molar-refractivity contribution >= 4 is 75.7 Å². The largest absolute Gasteiger partial charge is 0.478 e. The third kappa shape index (κ3) is 6.68. The molecule has 0 rings (SSSR count). The Balaban J connectivity index is 5.29. The molecule has 0 aliphatic rings. The zero-order chi connectivity index (χ0) is 14.3. The summed E-state index contributed by atoms with van der Waals surface area (Å²) in [7, 11) is 0. The fourth-order valence-corrected chi connectivity index (χ4v) is 2.34. The van der Waals surface area contributed by atoms with E-state index in [1.165, 1.54) is 0 Å². The minimum atomic E-state index is -1.19. The second kappa shape index (κ2) is 9.50. The van der Waals surface area contributed by atoms with Crippen molar-refractivity contribution in [3.8, 4) is 0 Å². The smallest absolute Gasteiger partial charge is 0.332 e. The van der Waals surface area contributed by atoms with Crippen molar-refractivity contribution in [1.82, 2.24) is 0 Å². The molecule has 2 atom stereocenters. The van der Waals surface area contributed by atoms with E-state index in [1.54, 1.807) is 0 Å². The molecule has 0 aromatic carbocycles. The van der Waals surface area contributed by atoms with E-state index in [1.807, 2.05) is 0 Å². The van der Waals surface area contributed by atoms with E-state index in [2.05, 4.69) is 63.7 Å². The van der Waals surface area contributed by atoms with Gasteiger partial charge in [-0.2, -0.15) is 0 Å². The Labute approximate surface area is 139 Å². The van der Waals surface area contributed by atoms with Crippen LogP contribution in [0.5, 0.6) is 0 Å². The van der Waals surface area contributed by atoms with Gasteiger partial charge >= 0.3 is 11.9 Å². The molecule has 2 unspecified atom stereocenters. The van der Waals surface area contributed by atoms with E-state index in [0.29, 0.717) is 10.7 Å². The van der Waals surface area contributed by atoms with Crippen LogP contribution in [0.1, 0.15) is 12.8 Å². The molecule has 0 aromatic rings. The molecule has 0 aromatic heterocycles. The van der Waals surface area contributed by atoms with E-state index in [9.17, 15) is 9.59 Å². The first kappa shape index (κ1) is 18.6. The Kier molecular flexibility index (Phi) is 9.81. The molecule has 0 bridgehead atoms. The van der Waals surface area contributed by atoms with Crippen LogP contribution >= 0.6 is 63.7 Å². The van der Waals surface area contributed by atoms with E-state index < -0.39 is 11.9 Å². The lowest BCUT2D eigenvalue weighted by atomic mass is 10.00. The Bertz CT molecular complexity index is 311. The van der Waals surface area contributed by atoms with Crippen molar-refractivity contribution in [1.29, 1.82) is 0 Å². The van der Waals surface area contributed by atoms with Gasteiger partial charge in [-0.05, 0) is 12.8 Å². The van der Waals surface area contributed by atoms with Gasteiger partial charge in [0.1, 0.15) is 0 Å². The lowest BCUT2D eigenvalue weighted by Gasteiger charge is -2.13. The van der Waals surface area contributed by atoms with Gasteiger partial charge in [0.25, 0.3) is 0 Å². The normalized spacial score (nSPS) is 15.8. The number of hydrogen-bond donors (Lipinski definition) is 2. The number of rotatable bonds is 8. The molecule has 0 aliphatic carbocycles. The summed E-state index contributed by atoms with van der Waals surface area (Å²) in [5.74, 6) is -2.38. The zero-order valence-electron chi connectivity index (χ0n) is 9.21. The lowest BCUT2D eigenvalue weighted by Crippen LogP contribution is -2.18. The average Bonchev–Trinajstić information content (AvgIpc) is 2.31. The Morgan fingerprint density at radius 1 is 0.833 bits per heavy atom. The molecular formula is C10H12Br4O4. The van der Waals surface area contributed by atoms with Crippen molar-refractivity contribution in [3.05, 3.63) is 11.1 Å². The van der Waals surface area contributed by atoms with E-state index in [-0.39, 0.29) is 33.6 Å². The highest BCUT2D eigenvalue weighted by molar-refractivity contribution is 9.12. The summed E-state index contributed by atoms with van der Waals surface area (Å²) in [4.78, 5) is 22.1. The minimum absolute atomic E-state index is 0.0609. The maximum Gasteiger partial charge on any atom is 0.332 e. The first-order chi connectivity index (χ1) is 8.33. The summed E-state index contributed by atoms with van der Waals surface area (Å²) >= 11 is 13.0. The molecule has 104 valence electrons. The molecule has 0 heterocycles. The highest BCUT2D eigenvalue weighted by Crippen LogP contribution is 2.24. The SMILES string of the molecule is O=C(O)C(CC(Br)CBr)=C(CC(Br)CBr)C(=O)O. The van der Waals surface area contributed by atoms with Gasteiger partial charge in [0, 0.05) is 31.5 Å². The van der Waals surface area contributed by atoms with E-state index >= 15 is 0 Å². The number of hydrogen-bond acceptors (Lipinski definition) is 2. The fourth-order valence-electron chi connectivity index (χ4n) is 1.23. The second-order valence-corrected chi connectivity index (χ2v) is 7.36. The second-order valence-electron chi connectivity index (χ2n) is 3.48. The van der Waals surface area contributed by atoms with Crippen LogP contribution in [-0.2, 0) is 9.59 Å². The highest BCUT2D eigenvalue weighted by Gasteiger charge is 2.24. The van der Waals surface area contributed by atoms with Gasteiger partial charge in [-0.15, -0.1) is 0 Å². The molecule has 0 saturated carbocycles. The number of carboxylic acids is 2. The predicted molar refractivity (Wildman–Crippen MR) is 84.5 cm³/mol. The number of carboxylic acid groups (broad SMARTS) is 2. The summed E-state index contributed by atoms with van der Waals surface area (Å²) in [5.41, 5.74) is -0.122. The van der Waals surface area contributed by atoms with Gasteiger partial charge in [0.2, 0.25) is 0 Å². The lowest BCUT2D eigenvalue weighted by molar-refractivity contribution is -0.136. The quantitative estimate of drug-likeness (QED) is 0.383. The third-order valence-corrected chi connectivity index (χ3v) is 6.66. The Morgan fingerprint density at radius 2 is 1.11 bits per heavy atom. The molecule has 8 heteroatoms. The molecular weight excluding hydrogens is 504 g/mol. The van der Waals surface area contributed by atoms with Crippen LogP contribution in [0.3, 0.4) is 0 Å². The standard InChI is InChI=1S/C10H12Br4O4/c11-3-5(13)1-7(9(15)16)8(10(17)18)2-6(14)4-12/h5-6H,1-4H2,(H,15,16)(H,17,18). The zero-order valence-corrected chi connectivity index (χ0v) is 15.5. The van der Waals surface area contributed by atoms with Gasteiger partial charge in [-0.3, -0.25) is 0 Å². The van der Waals surface area contributed by atoms with Gasteiger partial charge in [0.05, 0.1) is 0 Å². The van der Waals surface area contributed by atoms with Crippen LogP contribution in [0.25, 0.3) is 0 Å². The highest BCUT2D eigenvalue weighted by atomic mass is 79.9. The number of aliphatic carboxylic acids is 2. The molecule has 18 heavy (non-hydrogen) atoms. The fraction of sp³-hybridized carbons (Fsp3) is 0.600. The topological polar surface area (TPSA) is 74.6 Å². The Hall–Kier alpha value is 0.600. The summed E-state index contributed by atoms with van der Waals surface area (Å²) in [6.45, 7) is 0. The van der Waals surface area contributed by atoms with Crippen LogP contribution in [0.15, 0.2) is 11.1 Å². The summed E-state index contributed by atoms with van der Waals surface area (Å²) in [6, 6.07) is 0. The molecule has 2 N–H and O–H groups in total. The average molecular weight is 516 g/mol. The van der Waals surface area contributed by atoms with Crippen molar-refractivity contribution in [2.45, 2.75) is 22.5 Å².